The minimum Gasteiger partial charge on any atom is -0.497 e. The Morgan fingerprint density at radius 1 is 0.879 bits per heavy atom. The molecule has 2 aromatic rings. The zero-order valence-electron chi connectivity index (χ0n) is 19.4. The van der Waals surface area contributed by atoms with Gasteiger partial charge >= 0.3 is 0 Å². The lowest BCUT2D eigenvalue weighted by Gasteiger charge is -2.34. The van der Waals surface area contributed by atoms with Gasteiger partial charge in [-0.05, 0) is 61.1 Å². The molecule has 1 saturated heterocycles. The molecule has 33 heavy (non-hydrogen) atoms. The molecule has 0 bridgehead atoms. The third-order valence-corrected chi connectivity index (χ3v) is 7.44. The van der Waals surface area contributed by atoms with Gasteiger partial charge in [0, 0.05) is 37.6 Å². The van der Waals surface area contributed by atoms with E-state index in [9.17, 15) is 9.59 Å². The predicted molar refractivity (Wildman–Crippen MR) is 131 cm³/mol. The van der Waals surface area contributed by atoms with Gasteiger partial charge in [0.15, 0.2) is 0 Å². The zero-order chi connectivity index (χ0) is 23.3. The molecule has 0 aromatic heterocycles. The van der Waals surface area contributed by atoms with E-state index in [1.165, 1.54) is 0 Å². The van der Waals surface area contributed by atoms with Gasteiger partial charge < -0.3 is 14.5 Å². The van der Waals surface area contributed by atoms with E-state index >= 15 is 0 Å². The Hall–Kier alpha value is -2.53. The maximum atomic E-state index is 13.8. The lowest BCUT2D eigenvalue weighted by molar-refractivity contribution is -0.138. The minimum absolute atomic E-state index is 0.161. The fraction of sp³-hybridized carbons (Fsp3) is 0.481. The van der Waals surface area contributed by atoms with Crippen molar-refractivity contribution in [3.8, 4) is 5.75 Å². The number of amides is 2. The summed E-state index contributed by atoms with van der Waals surface area (Å²) in [5, 5.41) is 0.693. The lowest BCUT2D eigenvalue weighted by Crippen LogP contribution is -2.47. The number of nitrogens with zero attached hydrogens (tertiary/aromatic N) is 2. The van der Waals surface area contributed by atoms with Crippen LogP contribution >= 0.6 is 11.6 Å². The maximum absolute atomic E-state index is 13.8. The molecule has 1 aliphatic heterocycles. The number of benzene rings is 2. The molecule has 1 saturated carbocycles. The summed E-state index contributed by atoms with van der Waals surface area (Å²) in [7, 11) is 1.65. The van der Waals surface area contributed by atoms with E-state index in [0.717, 1.165) is 49.0 Å². The first-order chi connectivity index (χ1) is 16.0. The molecule has 2 aromatic carbocycles. The summed E-state index contributed by atoms with van der Waals surface area (Å²) < 4.78 is 5.20. The number of methoxy groups -OCH3 is 1. The second-order valence-electron chi connectivity index (χ2n) is 9.17. The van der Waals surface area contributed by atoms with Crippen LogP contribution in [0.3, 0.4) is 0 Å². The van der Waals surface area contributed by atoms with Crippen LogP contribution in [0.2, 0.25) is 5.02 Å². The Balaban J connectivity index is 1.37. The highest BCUT2D eigenvalue weighted by Gasteiger charge is 2.45. The Morgan fingerprint density at radius 3 is 2.18 bits per heavy atom. The van der Waals surface area contributed by atoms with E-state index in [-0.39, 0.29) is 11.8 Å². The van der Waals surface area contributed by atoms with E-state index in [2.05, 4.69) is 0 Å². The smallest absolute Gasteiger partial charge is 0.233 e. The predicted octanol–water partition coefficient (Wildman–Crippen LogP) is 4.85. The van der Waals surface area contributed by atoms with Crippen LogP contribution in [0.15, 0.2) is 48.5 Å². The average Bonchev–Trinajstić information content (AvgIpc) is 3.22. The van der Waals surface area contributed by atoms with Gasteiger partial charge in [-0.1, -0.05) is 48.7 Å². The van der Waals surface area contributed by atoms with Gasteiger partial charge in [0.1, 0.15) is 5.75 Å². The van der Waals surface area contributed by atoms with E-state index in [4.69, 9.17) is 16.3 Å². The highest BCUT2D eigenvalue weighted by atomic mass is 35.5. The van der Waals surface area contributed by atoms with Crippen LogP contribution < -0.4 is 4.74 Å². The molecule has 0 radical (unpaired) electrons. The van der Waals surface area contributed by atoms with Crippen molar-refractivity contribution in [1.29, 1.82) is 0 Å². The summed E-state index contributed by atoms with van der Waals surface area (Å²) in [4.78, 5) is 30.6. The number of hydrogen-bond donors (Lipinski definition) is 0. The molecule has 5 nitrogen and oxygen atoms in total. The van der Waals surface area contributed by atoms with Crippen molar-refractivity contribution in [2.24, 2.45) is 0 Å². The number of hydrogen-bond acceptors (Lipinski definition) is 3. The quantitative estimate of drug-likeness (QED) is 0.608. The van der Waals surface area contributed by atoms with Crippen LogP contribution in [-0.4, -0.2) is 54.9 Å². The summed E-state index contributed by atoms with van der Waals surface area (Å²) in [5.74, 6) is 1.20. The molecule has 176 valence electrons. The number of carbonyl (C=O) groups excluding carboxylic acids is 2. The second-order valence-corrected chi connectivity index (χ2v) is 9.61. The number of carbonyl (C=O) groups is 2. The first kappa shape index (κ1) is 23.6. The van der Waals surface area contributed by atoms with E-state index in [0.29, 0.717) is 44.0 Å². The van der Waals surface area contributed by atoms with Crippen molar-refractivity contribution in [1.82, 2.24) is 9.80 Å². The van der Waals surface area contributed by atoms with E-state index in [1.807, 2.05) is 58.3 Å². The molecule has 4 rings (SSSR count). The normalized spacial score (nSPS) is 18.1. The fourth-order valence-electron chi connectivity index (χ4n) is 5.25. The summed E-state index contributed by atoms with van der Waals surface area (Å²) in [6.45, 7) is 2.61. The van der Waals surface area contributed by atoms with Crippen LogP contribution in [0.25, 0.3) is 0 Å². The zero-order valence-corrected chi connectivity index (χ0v) is 20.2. The van der Waals surface area contributed by atoms with Gasteiger partial charge in [-0.3, -0.25) is 9.59 Å². The summed E-state index contributed by atoms with van der Waals surface area (Å²) in [5.41, 5.74) is 1.76. The Morgan fingerprint density at radius 2 is 1.52 bits per heavy atom. The standard InChI is InChI=1S/C27H33ClN2O3/c1-33-24-12-5-21(6-13-24)7-14-25(31)29-17-4-18-30(20-19-29)26(32)27(15-2-3-16-27)22-8-10-23(28)11-9-22/h5-6,8-13H,2-4,7,14-20H2,1H3. The summed E-state index contributed by atoms with van der Waals surface area (Å²) in [6, 6.07) is 15.7. The Kier molecular flexibility index (Phi) is 7.59. The molecule has 2 fully saturated rings. The first-order valence-corrected chi connectivity index (χ1v) is 12.4. The van der Waals surface area contributed by atoms with Crippen LogP contribution in [0.5, 0.6) is 5.75 Å². The summed E-state index contributed by atoms with van der Waals surface area (Å²) in [6.07, 6.45) is 5.91. The van der Waals surface area contributed by atoms with E-state index < -0.39 is 5.41 Å². The highest BCUT2D eigenvalue weighted by molar-refractivity contribution is 6.30. The van der Waals surface area contributed by atoms with Gasteiger partial charge in [-0.2, -0.15) is 0 Å². The minimum atomic E-state index is -0.446. The third-order valence-electron chi connectivity index (χ3n) is 7.19. The molecule has 0 unspecified atom stereocenters. The highest BCUT2D eigenvalue weighted by Crippen LogP contribution is 2.43. The van der Waals surface area contributed by atoms with Crippen LogP contribution in [0.4, 0.5) is 0 Å². The molecule has 1 aliphatic carbocycles. The number of aryl methyl sites for hydroxylation is 1. The number of ether oxygens (including phenoxy) is 1. The Bertz CT molecular complexity index is 952. The third kappa shape index (κ3) is 5.35. The SMILES string of the molecule is COc1ccc(CCC(=O)N2CCCN(C(=O)C3(c4ccc(Cl)cc4)CCCC3)CC2)cc1. The maximum Gasteiger partial charge on any atom is 0.233 e. The van der Waals surface area contributed by atoms with Gasteiger partial charge in [0.2, 0.25) is 11.8 Å². The largest absolute Gasteiger partial charge is 0.497 e. The van der Waals surface area contributed by atoms with Gasteiger partial charge in [0.25, 0.3) is 0 Å². The Labute approximate surface area is 201 Å². The molecule has 0 spiro atoms. The van der Waals surface area contributed by atoms with E-state index in [1.54, 1.807) is 7.11 Å². The van der Waals surface area contributed by atoms with Crippen LogP contribution in [0.1, 0.15) is 49.7 Å². The van der Waals surface area contributed by atoms with Crippen molar-refractivity contribution in [2.75, 3.05) is 33.3 Å². The molecular weight excluding hydrogens is 436 g/mol. The molecule has 0 N–H and O–H groups in total. The topological polar surface area (TPSA) is 49.9 Å². The van der Waals surface area contributed by atoms with Crippen molar-refractivity contribution in [3.63, 3.8) is 0 Å². The first-order valence-electron chi connectivity index (χ1n) is 12.0. The molecular formula is C27H33ClN2O3. The second kappa shape index (κ2) is 10.6. The molecule has 2 amide bonds. The van der Waals surface area contributed by atoms with Crippen molar-refractivity contribution in [2.45, 2.75) is 50.4 Å². The monoisotopic (exact) mass is 468 g/mol. The van der Waals surface area contributed by atoms with Crippen molar-refractivity contribution in [3.05, 3.63) is 64.7 Å². The van der Waals surface area contributed by atoms with Crippen molar-refractivity contribution >= 4 is 23.4 Å². The molecule has 1 heterocycles. The number of rotatable bonds is 6. The molecule has 0 atom stereocenters. The average molecular weight is 469 g/mol. The van der Waals surface area contributed by atoms with Gasteiger partial charge in [-0.25, -0.2) is 0 Å². The lowest BCUT2D eigenvalue weighted by atomic mass is 9.77. The molecule has 2 aliphatic rings. The molecule has 6 heteroatoms. The van der Waals surface area contributed by atoms with Crippen LogP contribution in [0, 0.1) is 0 Å². The summed E-state index contributed by atoms with van der Waals surface area (Å²) >= 11 is 6.10. The van der Waals surface area contributed by atoms with Crippen LogP contribution in [-0.2, 0) is 21.4 Å². The van der Waals surface area contributed by atoms with Gasteiger partial charge in [-0.15, -0.1) is 0 Å². The van der Waals surface area contributed by atoms with Crippen molar-refractivity contribution < 1.29 is 14.3 Å². The van der Waals surface area contributed by atoms with Gasteiger partial charge in [0.05, 0.1) is 12.5 Å². The number of halogens is 1. The fourth-order valence-corrected chi connectivity index (χ4v) is 5.37.